The summed E-state index contributed by atoms with van der Waals surface area (Å²) in [6, 6.07) is 7.85. The van der Waals surface area contributed by atoms with Crippen LogP contribution in [0.25, 0.3) is 0 Å². The number of benzene rings is 1. The van der Waals surface area contributed by atoms with E-state index in [9.17, 15) is 14.0 Å². The number of likely N-dealkylation sites (tertiary alicyclic amines) is 1. The summed E-state index contributed by atoms with van der Waals surface area (Å²) in [6.45, 7) is 2.15. The maximum absolute atomic E-state index is 13.5. The van der Waals surface area contributed by atoms with Gasteiger partial charge in [0.2, 0.25) is 11.8 Å². The van der Waals surface area contributed by atoms with Crippen molar-refractivity contribution < 1.29 is 18.7 Å². The summed E-state index contributed by atoms with van der Waals surface area (Å²) in [6.07, 6.45) is 1.85. The molecule has 3 heterocycles. The number of ether oxygens (including phenoxy) is 1. The molecule has 2 aliphatic rings. The predicted octanol–water partition coefficient (Wildman–Crippen LogP) is 3.32. The minimum absolute atomic E-state index is 0.0466. The standard InChI is InChI=1S/C21H23FN2O3S/c22-16-2-1-3-17(11-16)23-20(26)18-12-24(14-21(18)5-7-27-8-6-21)19(25)10-15-4-9-28-13-15/h1-4,9,11,13,18H,5-8,10,12,14H2,(H,23,26)/t18-/m0/s1. The fraction of sp³-hybridized carbons (Fsp3) is 0.429. The molecular formula is C21H23FN2O3S. The van der Waals surface area contributed by atoms with E-state index in [1.54, 1.807) is 23.5 Å². The Labute approximate surface area is 167 Å². The quantitative estimate of drug-likeness (QED) is 0.854. The van der Waals surface area contributed by atoms with Crippen molar-refractivity contribution in [3.63, 3.8) is 0 Å². The highest BCUT2D eigenvalue weighted by atomic mass is 32.1. The van der Waals surface area contributed by atoms with Gasteiger partial charge in [0.1, 0.15) is 5.82 Å². The van der Waals surface area contributed by atoms with Crippen molar-refractivity contribution in [1.29, 1.82) is 0 Å². The SMILES string of the molecule is O=C(Nc1cccc(F)c1)[C@@H]1CN(C(=O)Cc2ccsc2)CC12CCOCC2. The van der Waals surface area contributed by atoms with Crippen LogP contribution in [0.4, 0.5) is 10.1 Å². The van der Waals surface area contributed by atoms with Gasteiger partial charge in [0.15, 0.2) is 0 Å². The Kier molecular flexibility index (Phi) is 5.46. The van der Waals surface area contributed by atoms with E-state index in [0.717, 1.165) is 18.4 Å². The summed E-state index contributed by atoms with van der Waals surface area (Å²) in [5.74, 6) is -0.827. The second-order valence-electron chi connectivity index (χ2n) is 7.61. The second-order valence-corrected chi connectivity index (χ2v) is 8.39. The zero-order chi connectivity index (χ0) is 19.6. The number of hydrogen-bond acceptors (Lipinski definition) is 4. The molecule has 2 fully saturated rings. The van der Waals surface area contributed by atoms with Crippen molar-refractivity contribution in [1.82, 2.24) is 4.90 Å². The van der Waals surface area contributed by atoms with E-state index in [1.807, 2.05) is 21.7 Å². The van der Waals surface area contributed by atoms with Gasteiger partial charge in [-0.05, 0) is 53.4 Å². The molecular weight excluding hydrogens is 379 g/mol. The molecule has 1 aromatic carbocycles. The van der Waals surface area contributed by atoms with Gasteiger partial charge < -0.3 is 15.0 Å². The number of rotatable bonds is 4. The fourth-order valence-corrected chi connectivity index (χ4v) is 4.95. The van der Waals surface area contributed by atoms with Crippen LogP contribution in [-0.4, -0.2) is 43.0 Å². The number of nitrogens with one attached hydrogen (secondary N) is 1. The average Bonchev–Trinajstić information content (AvgIpc) is 3.31. The van der Waals surface area contributed by atoms with Gasteiger partial charge in [-0.3, -0.25) is 9.59 Å². The first-order valence-electron chi connectivity index (χ1n) is 9.49. The van der Waals surface area contributed by atoms with Crippen LogP contribution in [0.2, 0.25) is 0 Å². The van der Waals surface area contributed by atoms with Gasteiger partial charge >= 0.3 is 0 Å². The largest absolute Gasteiger partial charge is 0.381 e. The zero-order valence-electron chi connectivity index (χ0n) is 15.5. The number of thiophene rings is 1. The molecule has 148 valence electrons. The summed E-state index contributed by atoms with van der Waals surface area (Å²) in [5.41, 5.74) is 1.17. The highest BCUT2D eigenvalue weighted by molar-refractivity contribution is 7.08. The molecule has 2 aliphatic heterocycles. The number of carbonyl (C=O) groups excluding carboxylic acids is 2. The Morgan fingerprint density at radius 1 is 1.29 bits per heavy atom. The van der Waals surface area contributed by atoms with Gasteiger partial charge in [0, 0.05) is 37.4 Å². The molecule has 0 unspecified atom stereocenters. The lowest BCUT2D eigenvalue weighted by atomic mass is 9.71. The van der Waals surface area contributed by atoms with Crippen molar-refractivity contribution in [3.8, 4) is 0 Å². The molecule has 0 bridgehead atoms. The van der Waals surface area contributed by atoms with Crippen molar-refractivity contribution in [3.05, 3.63) is 52.5 Å². The molecule has 0 saturated carbocycles. The Morgan fingerprint density at radius 2 is 2.11 bits per heavy atom. The van der Waals surface area contributed by atoms with E-state index < -0.39 is 5.82 Å². The van der Waals surface area contributed by atoms with Gasteiger partial charge in [-0.25, -0.2) is 4.39 Å². The molecule has 7 heteroatoms. The smallest absolute Gasteiger partial charge is 0.229 e. The molecule has 2 saturated heterocycles. The van der Waals surface area contributed by atoms with Crippen LogP contribution in [-0.2, 0) is 20.7 Å². The monoisotopic (exact) mass is 402 g/mol. The van der Waals surface area contributed by atoms with Crippen LogP contribution >= 0.6 is 11.3 Å². The van der Waals surface area contributed by atoms with Crippen LogP contribution in [0.1, 0.15) is 18.4 Å². The first kappa shape index (κ1) is 19.1. The highest BCUT2D eigenvalue weighted by Crippen LogP contribution is 2.45. The van der Waals surface area contributed by atoms with Crippen LogP contribution < -0.4 is 5.32 Å². The molecule has 2 aromatic rings. The number of halogens is 1. The van der Waals surface area contributed by atoms with Crippen LogP contribution in [0.5, 0.6) is 0 Å². The molecule has 2 amide bonds. The first-order valence-corrected chi connectivity index (χ1v) is 10.4. The van der Waals surface area contributed by atoms with E-state index in [0.29, 0.717) is 38.4 Å². The summed E-state index contributed by atoms with van der Waals surface area (Å²) < 4.78 is 19.0. The lowest BCUT2D eigenvalue weighted by Gasteiger charge is -2.37. The van der Waals surface area contributed by atoms with Crippen molar-refractivity contribution >= 4 is 28.8 Å². The maximum Gasteiger partial charge on any atom is 0.229 e. The molecule has 5 nitrogen and oxygen atoms in total. The van der Waals surface area contributed by atoms with Crippen LogP contribution in [0.15, 0.2) is 41.1 Å². The topological polar surface area (TPSA) is 58.6 Å². The van der Waals surface area contributed by atoms with Gasteiger partial charge in [-0.2, -0.15) is 11.3 Å². The van der Waals surface area contributed by atoms with Crippen molar-refractivity contribution in [2.24, 2.45) is 11.3 Å². The number of hydrogen-bond donors (Lipinski definition) is 1. The Bertz CT molecular complexity index is 849. The average molecular weight is 402 g/mol. The second kappa shape index (κ2) is 8.01. The molecule has 1 spiro atoms. The number of nitrogens with zero attached hydrogens (tertiary/aromatic N) is 1. The maximum atomic E-state index is 13.5. The van der Waals surface area contributed by atoms with Gasteiger partial charge in [0.25, 0.3) is 0 Å². The van der Waals surface area contributed by atoms with Gasteiger partial charge in [-0.1, -0.05) is 6.07 Å². The number of amides is 2. The summed E-state index contributed by atoms with van der Waals surface area (Å²) >= 11 is 1.57. The Balaban J connectivity index is 1.51. The summed E-state index contributed by atoms with van der Waals surface area (Å²) in [5, 5.41) is 6.78. The van der Waals surface area contributed by atoms with E-state index in [-0.39, 0.29) is 23.1 Å². The third kappa shape index (κ3) is 3.95. The minimum Gasteiger partial charge on any atom is -0.381 e. The van der Waals surface area contributed by atoms with Gasteiger partial charge in [-0.15, -0.1) is 0 Å². The Hall–Kier alpha value is -2.25. The van der Waals surface area contributed by atoms with Crippen molar-refractivity contribution in [2.75, 3.05) is 31.6 Å². The lowest BCUT2D eigenvalue weighted by molar-refractivity contribution is -0.130. The van der Waals surface area contributed by atoms with E-state index in [2.05, 4.69) is 5.32 Å². The highest BCUT2D eigenvalue weighted by Gasteiger charge is 2.51. The zero-order valence-corrected chi connectivity index (χ0v) is 16.3. The van der Waals surface area contributed by atoms with Gasteiger partial charge in [0.05, 0.1) is 12.3 Å². The number of carbonyl (C=O) groups is 2. The molecule has 1 aromatic heterocycles. The normalized spacial score (nSPS) is 21.0. The van der Waals surface area contributed by atoms with Crippen molar-refractivity contribution in [2.45, 2.75) is 19.3 Å². The van der Waals surface area contributed by atoms with E-state index >= 15 is 0 Å². The number of anilines is 1. The third-order valence-corrected chi connectivity index (χ3v) is 6.57. The van der Waals surface area contributed by atoms with Crippen LogP contribution in [0, 0.1) is 17.2 Å². The third-order valence-electron chi connectivity index (χ3n) is 5.83. The molecule has 4 rings (SSSR count). The Morgan fingerprint density at radius 3 is 2.82 bits per heavy atom. The first-order chi connectivity index (χ1) is 13.6. The lowest BCUT2D eigenvalue weighted by Crippen LogP contribution is -2.42. The predicted molar refractivity (Wildman–Crippen MR) is 106 cm³/mol. The van der Waals surface area contributed by atoms with E-state index in [4.69, 9.17) is 4.74 Å². The molecule has 28 heavy (non-hydrogen) atoms. The molecule has 0 aliphatic carbocycles. The van der Waals surface area contributed by atoms with E-state index in [1.165, 1.54) is 12.1 Å². The molecule has 0 radical (unpaired) electrons. The summed E-state index contributed by atoms with van der Waals surface area (Å²) in [4.78, 5) is 27.7. The molecule has 1 atom stereocenters. The van der Waals surface area contributed by atoms with Crippen LogP contribution in [0.3, 0.4) is 0 Å². The minimum atomic E-state index is -0.391. The fourth-order valence-electron chi connectivity index (χ4n) is 4.28. The molecule has 1 N–H and O–H groups in total. The summed E-state index contributed by atoms with van der Waals surface area (Å²) in [7, 11) is 0.